The summed E-state index contributed by atoms with van der Waals surface area (Å²) in [5.41, 5.74) is 7.29. The molecule has 5 rings (SSSR count). The normalized spacial score (nSPS) is 14.6. The lowest BCUT2D eigenvalue weighted by Crippen LogP contribution is -2.47. The number of halogens is 1. The standard InChI is InChI=1S/C24H23ClN4/c1-18-23(28-15-13-27(14-16-28)21-9-7-20(25)8-10-21)22(19-5-3-2-4-6-19)17-29-12-11-26-24(18)29/h2-12,17H,13-16H2,1H3. The van der Waals surface area contributed by atoms with Crippen molar-refractivity contribution in [3.05, 3.63) is 83.8 Å². The molecule has 0 amide bonds. The molecule has 0 unspecified atom stereocenters. The van der Waals surface area contributed by atoms with Gasteiger partial charge >= 0.3 is 0 Å². The number of hydrogen-bond acceptors (Lipinski definition) is 3. The van der Waals surface area contributed by atoms with E-state index < -0.39 is 0 Å². The van der Waals surface area contributed by atoms with Gasteiger partial charge in [0.15, 0.2) is 0 Å². The molecule has 146 valence electrons. The van der Waals surface area contributed by atoms with E-state index in [1.807, 2.05) is 24.5 Å². The summed E-state index contributed by atoms with van der Waals surface area (Å²) in [5, 5.41) is 0.781. The molecule has 5 heteroatoms. The van der Waals surface area contributed by atoms with Gasteiger partial charge in [0, 0.05) is 66.6 Å². The Morgan fingerprint density at radius 3 is 2.28 bits per heavy atom. The number of hydrogen-bond donors (Lipinski definition) is 0. The minimum atomic E-state index is 0.781. The highest BCUT2D eigenvalue weighted by atomic mass is 35.5. The molecule has 4 aromatic rings. The molecule has 4 nitrogen and oxygen atoms in total. The van der Waals surface area contributed by atoms with Crippen LogP contribution < -0.4 is 9.80 Å². The van der Waals surface area contributed by atoms with Crippen LogP contribution in [0, 0.1) is 6.92 Å². The third-order valence-electron chi connectivity index (χ3n) is 5.76. The fraction of sp³-hybridized carbons (Fsp3) is 0.208. The van der Waals surface area contributed by atoms with Crippen LogP contribution in [-0.2, 0) is 0 Å². The molecule has 0 aliphatic carbocycles. The topological polar surface area (TPSA) is 23.8 Å². The van der Waals surface area contributed by atoms with Crippen molar-refractivity contribution in [2.24, 2.45) is 0 Å². The highest BCUT2D eigenvalue weighted by molar-refractivity contribution is 6.30. The second-order valence-electron chi connectivity index (χ2n) is 7.49. The first-order valence-electron chi connectivity index (χ1n) is 9.98. The van der Waals surface area contributed by atoms with E-state index in [2.05, 4.69) is 74.8 Å². The molecule has 29 heavy (non-hydrogen) atoms. The maximum absolute atomic E-state index is 6.05. The summed E-state index contributed by atoms with van der Waals surface area (Å²) in [4.78, 5) is 9.53. The molecular weight excluding hydrogens is 380 g/mol. The summed E-state index contributed by atoms with van der Waals surface area (Å²) in [7, 11) is 0. The molecule has 0 radical (unpaired) electrons. The van der Waals surface area contributed by atoms with E-state index in [0.29, 0.717) is 0 Å². The summed E-state index contributed by atoms with van der Waals surface area (Å²) in [6.45, 7) is 6.10. The van der Waals surface area contributed by atoms with Crippen LogP contribution in [0.3, 0.4) is 0 Å². The Bertz CT molecular complexity index is 1130. The highest BCUT2D eigenvalue weighted by Gasteiger charge is 2.23. The SMILES string of the molecule is Cc1c(N2CCN(c3ccc(Cl)cc3)CC2)c(-c2ccccc2)cn2ccnc12. The predicted molar refractivity (Wildman–Crippen MR) is 121 cm³/mol. The first kappa shape index (κ1) is 18.1. The zero-order chi connectivity index (χ0) is 19.8. The van der Waals surface area contributed by atoms with Crippen molar-refractivity contribution >= 4 is 28.6 Å². The summed E-state index contributed by atoms with van der Waals surface area (Å²) in [5.74, 6) is 0. The van der Waals surface area contributed by atoms with Crippen molar-refractivity contribution in [1.29, 1.82) is 0 Å². The van der Waals surface area contributed by atoms with Gasteiger partial charge in [0.1, 0.15) is 5.65 Å². The maximum Gasteiger partial charge on any atom is 0.141 e. The van der Waals surface area contributed by atoms with Crippen LogP contribution in [0.15, 0.2) is 73.2 Å². The number of imidazole rings is 1. The molecule has 0 spiro atoms. The van der Waals surface area contributed by atoms with Gasteiger partial charge in [0.05, 0.1) is 5.69 Å². The van der Waals surface area contributed by atoms with Gasteiger partial charge in [-0.25, -0.2) is 4.98 Å². The number of aromatic nitrogens is 2. The largest absolute Gasteiger partial charge is 0.368 e. The Morgan fingerprint density at radius 2 is 1.55 bits per heavy atom. The summed E-state index contributed by atoms with van der Waals surface area (Å²) < 4.78 is 2.13. The Hall–Kier alpha value is -2.98. The van der Waals surface area contributed by atoms with Crippen molar-refractivity contribution in [2.75, 3.05) is 36.0 Å². The van der Waals surface area contributed by atoms with Crippen LogP contribution in [0.5, 0.6) is 0 Å². The van der Waals surface area contributed by atoms with E-state index in [-0.39, 0.29) is 0 Å². The van der Waals surface area contributed by atoms with Crippen LogP contribution in [0.4, 0.5) is 11.4 Å². The Kier molecular flexibility index (Phi) is 4.64. The summed E-state index contributed by atoms with van der Waals surface area (Å²) in [6, 6.07) is 18.8. The second kappa shape index (κ2) is 7.45. The molecule has 1 saturated heterocycles. The van der Waals surface area contributed by atoms with Crippen LogP contribution in [0.2, 0.25) is 5.02 Å². The molecule has 0 bridgehead atoms. The first-order chi connectivity index (χ1) is 14.2. The van der Waals surface area contributed by atoms with Gasteiger partial charge in [-0.2, -0.15) is 0 Å². The lowest BCUT2D eigenvalue weighted by atomic mass is 10.0. The van der Waals surface area contributed by atoms with E-state index in [1.54, 1.807) is 0 Å². The Balaban J connectivity index is 1.50. The van der Waals surface area contributed by atoms with Crippen molar-refractivity contribution in [2.45, 2.75) is 6.92 Å². The lowest BCUT2D eigenvalue weighted by Gasteiger charge is -2.39. The van der Waals surface area contributed by atoms with E-state index >= 15 is 0 Å². The molecule has 0 atom stereocenters. The lowest BCUT2D eigenvalue weighted by molar-refractivity contribution is 0.652. The zero-order valence-corrected chi connectivity index (χ0v) is 17.2. The smallest absolute Gasteiger partial charge is 0.141 e. The monoisotopic (exact) mass is 402 g/mol. The number of benzene rings is 2. The zero-order valence-electron chi connectivity index (χ0n) is 16.4. The number of pyridine rings is 1. The van der Waals surface area contributed by atoms with Crippen LogP contribution in [0.1, 0.15) is 5.56 Å². The quantitative estimate of drug-likeness (QED) is 0.465. The van der Waals surface area contributed by atoms with Gasteiger partial charge in [0.2, 0.25) is 0 Å². The minimum Gasteiger partial charge on any atom is -0.368 e. The average molecular weight is 403 g/mol. The number of rotatable bonds is 3. The number of nitrogens with zero attached hydrogens (tertiary/aromatic N) is 4. The maximum atomic E-state index is 6.05. The third kappa shape index (κ3) is 3.34. The second-order valence-corrected chi connectivity index (χ2v) is 7.93. The molecule has 3 heterocycles. The van der Waals surface area contributed by atoms with Gasteiger partial charge < -0.3 is 14.2 Å². The summed E-state index contributed by atoms with van der Waals surface area (Å²) in [6.07, 6.45) is 6.11. The van der Waals surface area contributed by atoms with E-state index in [4.69, 9.17) is 11.6 Å². The number of aryl methyl sites for hydroxylation is 1. The molecule has 2 aromatic heterocycles. The van der Waals surface area contributed by atoms with Crippen LogP contribution in [0.25, 0.3) is 16.8 Å². The Labute approximate surface area is 176 Å². The van der Waals surface area contributed by atoms with E-state index in [9.17, 15) is 0 Å². The fourth-order valence-electron chi connectivity index (χ4n) is 4.29. The van der Waals surface area contributed by atoms with Gasteiger partial charge in [-0.05, 0) is 36.8 Å². The van der Waals surface area contributed by atoms with Crippen molar-refractivity contribution in [1.82, 2.24) is 9.38 Å². The molecular formula is C24H23ClN4. The van der Waals surface area contributed by atoms with Gasteiger partial charge in [-0.1, -0.05) is 41.9 Å². The van der Waals surface area contributed by atoms with Gasteiger partial charge in [-0.3, -0.25) is 0 Å². The van der Waals surface area contributed by atoms with Crippen LogP contribution >= 0.6 is 11.6 Å². The Morgan fingerprint density at radius 1 is 0.862 bits per heavy atom. The van der Waals surface area contributed by atoms with Gasteiger partial charge in [-0.15, -0.1) is 0 Å². The van der Waals surface area contributed by atoms with Gasteiger partial charge in [0.25, 0.3) is 0 Å². The number of fused-ring (bicyclic) bond motifs is 1. The van der Waals surface area contributed by atoms with Crippen molar-refractivity contribution < 1.29 is 0 Å². The molecule has 1 aliphatic rings. The molecule has 0 saturated carbocycles. The minimum absolute atomic E-state index is 0.781. The first-order valence-corrected chi connectivity index (χ1v) is 10.4. The highest BCUT2D eigenvalue weighted by Crippen LogP contribution is 2.36. The number of piperazine rings is 1. The molecule has 1 fully saturated rings. The molecule has 1 aliphatic heterocycles. The fourth-order valence-corrected chi connectivity index (χ4v) is 4.42. The third-order valence-corrected chi connectivity index (χ3v) is 6.01. The average Bonchev–Trinajstić information content (AvgIpc) is 3.24. The van der Waals surface area contributed by atoms with E-state index in [0.717, 1.165) is 36.8 Å². The van der Waals surface area contributed by atoms with E-state index in [1.165, 1.54) is 28.1 Å². The number of anilines is 2. The molecule has 2 aromatic carbocycles. The van der Waals surface area contributed by atoms with Crippen LogP contribution in [-0.4, -0.2) is 35.6 Å². The van der Waals surface area contributed by atoms with Crippen molar-refractivity contribution in [3.8, 4) is 11.1 Å². The predicted octanol–water partition coefficient (Wildman–Crippen LogP) is 5.29. The summed E-state index contributed by atoms with van der Waals surface area (Å²) >= 11 is 6.05. The molecule has 0 N–H and O–H groups in total. The van der Waals surface area contributed by atoms with Crippen molar-refractivity contribution in [3.63, 3.8) is 0 Å².